The van der Waals surface area contributed by atoms with E-state index in [4.69, 9.17) is 23.2 Å². The van der Waals surface area contributed by atoms with Crippen molar-refractivity contribution in [3.8, 4) is 0 Å². The number of hydrogen-bond donors (Lipinski definition) is 1. The average molecular weight is 451 g/mol. The molecule has 3 aromatic heterocycles. The predicted octanol–water partition coefficient (Wildman–Crippen LogP) is 4.78. The lowest BCUT2D eigenvalue weighted by Gasteiger charge is -2.06. The van der Waals surface area contributed by atoms with Crippen LogP contribution in [0.25, 0.3) is 5.65 Å². The van der Waals surface area contributed by atoms with E-state index in [1.807, 2.05) is 18.2 Å². The van der Waals surface area contributed by atoms with Gasteiger partial charge in [0.2, 0.25) is 0 Å². The molecule has 4 rings (SSSR count). The fraction of sp³-hybridized carbons (Fsp3) is 0.158. The third-order valence-electron chi connectivity index (χ3n) is 4.33. The third-order valence-corrected chi connectivity index (χ3v) is 4.98. The summed E-state index contributed by atoms with van der Waals surface area (Å²) in [6, 6.07) is 8.50. The van der Waals surface area contributed by atoms with Crippen molar-refractivity contribution in [2.24, 2.45) is 0 Å². The highest BCUT2D eigenvalue weighted by Gasteiger charge is 2.21. The van der Waals surface area contributed by atoms with Crippen LogP contribution < -0.4 is 5.32 Å². The van der Waals surface area contributed by atoms with Crippen molar-refractivity contribution < 1.29 is 13.6 Å². The van der Waals surface area contributed by atoms with Crippen molar-refractivity contribution in [3.63, 3.8) is 0 Å². The Kier molecular flexibility index (Phi) is 5.40. The fourth-order valence-electron chi connectivity index (χ4n) is 2.97. The molecule has 0 saturated heterocycles. The Morgan fingerprint density at radius 2 is 2.00 bits per heavy atom. The lowest BCUT2D eigenvalue weighted by atomic mass is 10.2. The van der Waals surface area contributed by atoms with Gasteiger partial charge in [-0.1, -0.05) is 41.4 Å². The number of fused-ring (bicyclic) bond motifs is 1. The number of alkyl halides is 2. The molecule has 1 amide bonds. The summed E-state index contributed by atoms with van der Waals surface area (Å²) in [6.45, 7) is 1.91. The molecule has 1 N–H and O–H groups in total. The molecule has 11 heteroatoms. The minimum Gasteiger partial charge on any atom is -0.304 e. The monoisotopic (exact) mass is 450 g/mol. The molecule has 0 saturated carbocycles. The highest BCUT2D eigenvalue weighted by Crippen LogP contribution is 2.25. The zero-order valence-corrected chi connectivity index (χ0v) is 17.0. The summed E-state index contributed by atoms with van der Waals surface area (Å²) in [5, 5.41) is 11.5. The molecular weight excluding hydrogens is 437 g/mol. The smallest absolute Gasteiger partial charge is 0.280 e. The number of amides is 1. The standard InChI is InChI=1S/C19H14Cl2F2N6O/c1-10-6-15(16(22)23)29-18(25-10)12(7-24-29)19(30)26-17-14(21)9-28(27-17)8-11-4-2-3-5-13(11)20/h2-7,9,16H,8H2,1H3,(H,26,27,30). The van der Waals surface area contributed by atoms with Gasteiger partial charge in [-0.2, -0.15) is 10.2 Å². The van der Waals surface area contributed by atoms with E-state index in [-0.39, 0.29) is 27.7 Å². The number of rotatable bonds is 5. The maximum atomic E-state index is 13.3. The van der Waals surface area contributed by atoms with Gasteiger partial charge >= 0.3 is 0 Å². The number of nitrogens with one attached hydrogen (secondary N) is 1. The molecule has 3 heterocycles. The van der Waals surface area contributed by atoms with E-state index >= 15 is 0 Å². The predicted molar refractivity (Wildman–Crippen MR) is 108 cm³/mol. The number of aryl methyl sites for hydroxylation is 1. The molecule has 0 bridgehead atoms. The van der Waals surface area contributed by atoms with Crippen molar-refractivity contribution in [2.75, 3.05) is 5.32 Å². The molecule has 0 radical (unpaired) electrons. The van der Waals surface area contributed by atoms with Gasteiger partial charge in [-0.25, -0.2) is 18.3 Å². The highest BCUT2D eigenvalue weighted by atomic mass is 35.5. The van der Waals surface area contributed by atoms with Gasteiger partial charge in [0.15, 0.2) is 11.5 Å². The van der Waals surface area contributed by atoms with Crippen LogP contribution in [0.3, 0.4) is 0 Å². The quantitative estimate of drug-likeness (QED) is 0.474. The van der Waals surface area contributed by atoms with Gasteiger partial charge in [-0.15, -0.1) is 0 Å². The molecule has 0 aliphatic carbocycles. The second kappa shape index (κ2) is 8.00. The Balaban J connectivity index is 1.61. The van der Waals surface area contributed by atoms with Gasteiger partial charge in [0.05, 0.1) is 12.7 Å². The molecule has 0 unspecified atom stereocenters. The van der Waals surface area contributed by atoms with E-state index in [1.54, 1.807) is 19.2 Å². The molecule has 30 heavy (non-hydrogen) atoms. The summed E-state index contributed by atoms with van der Waals surface area (Å²) in [4.78, 5) is 16.9. The van der Waals surface area contributed by atoms with E-state index in [1.165, 1.54) is 16.9 Å². The number of aromatic nitrogens is 5. The van der Waals surface area contributed by atoms with Crippen LogP contribution in [-0.2, 0) is 6.54 Å². The normalized spacial score (nSPS) is 11.4. The lowest BCUT2D eigenvalue weighted by molar-refractivity contribution is 0.102. The van der Waals surface area contributed by atoms with Crippen LogP contribution >= 0.6 is 23.2 Å². The molecule has 4 aromatic rings. The molecule has 0 fully saturated rings. The highest BCUT2D eigenvalue weighted by molar-refractivity contribution is 6.33. The van der Waals surface area contributed by atoms with Crippen molar-refractivity contribution >= 4 is 40.6 Å². The number of benzene rings is 1. The van der Waals surface area contributed by atoms with E-state index in [0.717, 1.165) is 10.1 Å². The first-order chi connectivity index (χ1) is 14.3. The largest absolute Gasteiger partial charge is 0.304 e. The van der Waals surface area contributed by atoms with Gasteiger partial charge in [-0.3, -0.25) is 9.48 Å². The van der Waals surface area contributed by atoms with Gasteiger partial charge < -0.3 is 5.32 Å². The number of hydrogen-bond acceptors (Lipinski definition) is 4. The third kappa shape index (κ3) is 3.86. The minimum absolute atomic E-state index is 0.0226. The number of carbonyl (C=O) groups excluding carboxylic acids is 1. The topological polar surface area (TPSA) is 77.1 Å². The van der Waals surface area contributed by atoms with E-state index < -0.39 is 12.3 Å². The summed E-state index contributed by atoms with van der Waals surface area (Å²) in [5.74, 6) is -0.497. The SMILES string of the molecule is Cc1cc(C(F)F)n2ncc(C(=O)Nc3nn(Cc4ccccc4Cl)cc3Cl)c2n1. The maximum absolute atomic E-state index is 13.3. The van der Waals surface area contributed by atoms with Crippen LogP contribution in [0.15, 0.2) is 42.7 Å². The number of carbonyl (C=O) groups is 1. The van der Waals surface area contributed by atoms with Crippen molar-refractivity contribution in [1.29, 1.82) is 0 Å². The molecule has 0 atom stereocenters. The van der Waals surface area contributed by atoms with E-state index in [9.17, 15) is 13.6 Å². The summed E-state index contributed by atoms with van der Waals surface area (Å²) in [5.41, 5.74) is 0.873. The average Bonchev–Trinajstić information content (AvgIpc) is 3.26. The summed E-state index contributed by atoms with van der Waals surface area (Å²) < 4.78 is 29.0. The Morgan fingerprint density at radius 3 is 2.73 bits per heavy atom. The van der Waals surface area contributed by atoms with Crippen LogP contribution in [0.4, 0.5) is 14.6 Å². The molecule has 154 valence electrons. The number of nitrogens with zero attached hydrogens (tertiary/aromatic N) is 5. The molecule has 7 nitrogen and oxygen atoms in total. The van der Waals surface area contributed by atoms with Gasteiger partial charge in [-0.05, 0) is 24.6 Å². The van der Waals surface area contributed by atoms with E-state index in [2.05, 4.69) is 20.5 Å². The van der Waals surface area contributed by atoms with Gasteiger partial charge in [0.25, 0.3) is 12.3 Å². The van der Waals surface area contributed by atoms with Crippen LogP contribution in [0.1, 0.15) is 33.7 Å². The molecule has 1 aromatic carbocycles. The molecule has 0 aliphatic heterocycles. The van der Waals surface area contributed by atoms with Crippen molar-refractivity contribution in [1.82, 2.24) is 24.4 Å². The zero-order valence-electron chi connectivity index (χ0n) is 15.5. The molecular formula is C19H14Cl2F2N6O. The summed E-state index contributed by atoms with van der Waals surface area (Å²) >= 11 is 12.4. The van der Waals surface area contributed by atoms with E-state index in [0.29, 0.717) is 17.3 Å². The second-order valence-electron chi connectivity index (χ2n) is 6.49. The summed E-state index contributed by atoms with van der Waals surface area (Å²) in [7, 11) is 0. The second-order valence-corrected chi connectivity index (χ2v) is 7.30. The number of anilines is 1. The first-order valence-corrected chi connectivity index (χ1v) is 9.50. The fourth-order valence-corrected chi connectivity index (χ4v) is 3.36. The zero-order chi connectivity index (χ0) is 21.4. The Bertz CT molecular complexity index is 1250. The lowest BCUT2D eigenvalue weighted by Crippen LogP contribution is -2.14. The molecule has 0 spiro atoms. The Labute approximate surface area is 179 Å². The maximum Gasteiger partial charge on any atom is 0.280 e. The first kappa shape index (κ1) is 20.2. The van der Waals surface area contributed by atoms with Crippen molar-refractivity contribution in [2.45, 2.75) is 19.9 Å². The summed E-state index contributed by atoms with van der Waals surface area (Å²) in [6.07, 6.45) is -0.0362. The Hall–Kier alpha value is -3.04. The van der Waals surface area contributed by atoms with Crippen LogP contribution in [-0.4, -0.2) is 30.3 Å². The van der Waals surface area contributed by atoms with Gasteiger partial charge in [0.1, 0.15) is 16.3 Å². The Morgan fingerprint density at radius 1 is 1.23 bits per heavy atom. The van der Waals surface area contributed by atoms with Crippen molar-refractivity contribution in [3.05, 3.63) is 75.3 Å². The minimum atomic E-state index is -2.76. The van der Waals surface area contributed by atoms with Crippen LogP contribution in [0, 0.1) is 6.92 Å². The number of halogens is 4. The molecule has 0 aliphatic rings. The van der Waals surface area contributed by atoms with Crippen LogP contribution in [0.2, 0.25) is 10.0 Å². The van der Waals surface area contributed by atoms with Crippen LogP contribution in [0.5, 0.6) is 0 Å². The first-order valence-electron chi connectivity index (χ1n) is 8.74. The van der Waals surface area contributed by atoms with Gasteiger partial charge in [0, 0.05) is 16.9 Å².